The summed E-state index contributed by atoms with van der Waals surface area (Å²) in [5.41, 5.74) is 0.156. The number of nitrogens with zero attached hydrogens (tertiary/aromatic N) is 6. The quantitative estimate of drug-likeness (QED) is 0.625. The zero-order valence-corrected chi connectivity index (χ0v) is 16.9. The van der Waals surface area contributed by atoms with Crippen molar-refractivity contribution in [2.24, 2.45) is 7.05 Å². The van der Waals surface area contributed by atoms with Gasteiger partial charge in [0, 0.05) is 13.2 Å². The maximum absolute atomic E-state index is 15.1. The molecule has 1 atom stereocenters. The van der Waals surface area contributed by atoms with E-state index in [0.29, 0.717) is 35.6 Å². The second kappa shape index (κ2) is 8.26. The molecule has 0 radical (unpaired) electrons. The Morgan fingerprint density at radius 1 is 1.21 bits per heavy atom. The highest BCUT2D eigenvalue weighted by molar-refractivity contribution is 5.86. The van der Waals surface area contributed by atoms with Crippen molar-refractivity contribution in [1.29, 1.82) is 0 Å². The summed E-state index contributed by atoms with van der Waals surface area (Å²) < 4.78 is 16.8. The summed E-state index contributed by atoms with van der Waals surface area (Å²) in [6.45, 7) is 2.29. The number of pyridine rings is 1. The topological polar surface area (TPSA) is 93.4 Å². The van der Waals surface area contributed by atoms with E-state index < -0.39 is 5.67 Å². The number of hydrogen-bond donors (Lipinski definition) is 2. The minimum absolute atomic E-state index is 0.0877. The number of aryl methyl sites for hydroxylation is 1. The molecule has 1 aliphatic rings. The molecule has 0 unspecified atom stereocenters. The van der Waals surface area contributed by atoms with E-state index in [9.17, 15) is 0 Å². The largest absolute Gasteiger partial charge is 0.365 e. The van der Waals surface area contributed by atoms with Crippen LogP contribution in [0.4, 0.5) is 16.2 Å². The Hall–Kier alpha value is -2.84. The van der Waals surface area contributed by atoms with Crippen LogP contribution in [0.15, 0.2) is 24.7 Å². The molecule has 154 valence electrons. The summed E-state index contributed by atoms with van der Waals surface area (Å²) in [6, 6.07) is 3.63. The number of nitrogens with one attached hydrogen (secondary N) is 2. The maximum atomic E-state index is 15.1. The first-order valence-electron chi connectivity index (χ1n) is 10.2. The molecule has 1 saturated carbocycles. The summed E-state index contributed by atoms with van der Waals surface area (Å²) in [4.78, 5) is 18.0. The van der Waals surface area contributed by atoms with Gasteiger partial charge in [-0.1, -0.05) is 26.2 Å². The summed E-state index contributed by atoms with van der Waals surface area (Å²) in [6.07, 6.45) is 8.17. The van der Waals surface area contributed by atoms with Crippen molar-refractivity contribution in [1.82, 2.24) is 29.7 Å². The van der Waals surface area contributed by atoms with Crippen LogP contribution in [0.3, 0.4) is 0 Å². The van der Waals surface area contributed by atoms with Gasteiger partial charge in [-0.3, -0.25) is 9.67 Å². The highest BCUT2D eigenvalue weighted by atomic mass is 19.1. The van der Waals surface area contributed by atoms with Gasteiger partial charge < -0.3 is 10.6 Å². The first-order valence-corrected chi connectivity index (χ1v) is 10.2. The number of hydrogen-bond acceptors (Lipinski definition) is 7. The molecular formula is C20H27FN8. The molecule has 0 bridgehead atoms. The highest BCUT2D eigenvalue weighted by Gasteiger charge is 2.31. The monoisotopic (exact) mass is 398 g/mol. The Bertz CT molecular complexity index is 966. The van der Waals surface area contributed by atoms with Crippen LogP contribution in [0.1, 0.15) is 57.3 Å². The average molecular weight is 398 g/mol. The van der Waals surface area contributed by atoms with Gasteiger partial charge in [0.25, 0.3) is 0 Å². The molecule has 29 heavy (non-hydrogen) atoms. The van der Waals surface area contributed by atoms with Crippen molar-refractivity contribution < 1.29 is 4.39 Å². The van der Waals surface area contributed by atoms with Crippen LogP contribution < -0.4 is 10.6 Å². The molecule has 0 saturated heterocycles. The van der Waals surface area contributed by atoms with Crippen molar-refractivity contribution in [2.45, 2.75) is 57.2 Å². The molecule has 0 spiro atoms. The standard InChI is InChI=1S/C20H27FN8/c1-3-14(18-24-13-25-29(18)2)26-19-27-15-8-7-11-22-16(15)17(28-19)23-12-20(21)9-5-4-6-10-20/h7-8,11,13-14H,3-6,9-10,12H2,1-2H3,(H2,23,26,27,28)/t14-/m0/s1. The lowest BCUT2D eigenvalue weighted by molar-refractivity contribution is 0.122. The number of aromatic nitrogens is 6. The lowest BCUT2D eigenvalue weighted by atomic mass is 9.86. The Balaban J connectivity index is 1.61. The minimum atomic E-state index is -1.19. The summed E-state index contributed by atoms with van der Waals surface area (Å²) >= 11 is 0. The lowest BCUT2D eigenvalue weighted by Gasteiger charge is -2.29. The van der Waals surface area contributed by atoms with Gasteiger partial charge in [0.2, 0.25) is 5.95 Å². The van der Waals surface area contributed by atoms with Gasteiger partial charge in [0.1, 0.15) is 23.3 Å². The second-order valence-corrected chi connectivity index (χ2v) is 7.68. The van der Waals surface area contributed by atoms with Crippen LogP contribution in [0.2, 0.25) is 0 Å². The van der Waals surface area contributed by atoms with Crippen LogP contribution in [-0.2, 0) is 7.05 Å². The van der Waals surface area contributed by atoms with E-state index in [1.54, 1.807) is 10.9 Å². The minimum Gasteiger partial charge on any atom is -0.365 e. The summed E-state index contributed by atoms with van der Waals surface area (Å²) in [5, 5.41) is 10.7. The van der Waals surface area contributed by atoms with E-state index in [1.165, 1.54) is 6.33 Å². The number of fused-ring (bicyclic) bond motifs is 1. The van der Waals surface area contributed by atoms with Gasteiger partial charge in [-0.15, -0.1) is 0 Å². The van der Waals surface area contributed by atoms with Crippen LogP contribution in [-0.4, -0.2) is 41.9 Å². The molecule has 9 heteroatoms. The van der Waals surface area contributed by atoms with E-state index in [1.807, 2.05) is 19.2 Å². The molecule has 3 aromatic rings. The Morgan fingerprint density at radius 2 is 2.03 bits per heavy atom. The van der Waals surface area contributed by atoms with E-state index in [4.69, 9.17) is 0 Å². The van der Waals surface area contributed by atoms with Crippen LogP contribution in [0.25, 0.3) is 11.0 Å². The van der Waals surface area contributed by atoms with E-state index >= 15 is 4.39 Å². The normalized spacial score (nSPS) is 17.2. The van der Waals surface area contributed by atoms with Gasteiger partial charge in [0.05, 0.1) is 18.1 Å². The Labute approximate surface area is 169 Å². The zero-order valence-electron chi connectivity index (χ0n) is 16.9. The third-order valence-corrected chi connectivity index (χ3v) is 5.55. The molecular weight excluding hydrogens is 371 g/mol. The number of alkyl halides is 1. The molecule has 1 fully saturated rings. The van der Waals surface area contributed by atoms with Crippen LogP contribution in [0, 0.1) is 0 Å². The van der Waals surface area contributed by atoms with Crippen molar-refractivity contribution in [3.63, 3.8) is 0 Å². The third-order valence-electron chi connectivity index (χ3n) is 5.55. The SMILES string of the molecule is CC[C@H](Nc1nc(NCC2(F)CCCCC2)c2ncccc2n1)c1ncnn1C. The zero-order chi connectivity index (χ0) is 20.3. The molecule has 0 amide bonds. The number of halogens is 1. The fourth-order valence-corrected chi connectivity index (χ4v) is 3.89. The fraction of sp³-hybridized carbons (Fsp3) is 0.550. The van der Waals surface area contributed by atoms with Crippen LogP contribution >= 0.6 is 0 Å². The molecule has 0 aromatic carbocycles. The number of anilines is 2. The maximum Gasteiger partial charge on any atom is 0.225 e. The van der Waals surface area contributed by atoms with Crippen molar-refractivity contribution >= 4 is 22.8 Å². The molecule has 3 heterocycles. The molecule has 0 aliphatic heterocycles. The van der Waals surface area contributed by atoms with Gasteiger partial charge >= 0.3 is 0 Å². The Kier molecular flexibility index (Phi) is 5.55. The lowest BCUT2D eigenvalue weighted by Crippen LogP contribution is -2.34. The van der Waals surface area contributed by atoms with Gasteiger partial charge in [-0.05, 0) is 31.4 Å². The molecule has 2 N–H and O–H groups in total. The highest BCUT2D eigenvalue weighted by Crippen LogP contribution is 2.32. The molecule has 3 aromatic heterocycles. The van der Waals surface area contributed by atoms with Crippen molar-refractivity contribution in [3.05, 3.63) is 30.5 Å². The smallest absolute Gasteiger partial charge is 0.225 e. The van der Waals surface area contributed by atoms with Crippen molar-refractivity contribution in [3.8, 4) is 0 Å². The average Bonchev–Trinajstić information content (AvgIpc) is 3.16. The van der Waals surface area contributed by atoms with E-state index in [-0.39, 0.29) is 12.6 Å². The van der Waals surface area contributed by atoms with E-state index in [0.717, 1.165) is 31.5 Å². The molecule has 4 rings (SSSR count). The molecule has 8 nitrogen and oxygen atoms in total. The summed E-state index contributed by atoms with van der Waals surface area (Å²) in [5.74, 6) is 1.81. The second-order valence-electron chi connectivity index (χ2n) is 7.68. The van der Waals surface area contributed by atoms with Crippen molar-refractivity contribution in [2.75, 3.05) is 17.2 Å². The summed E-state index contributed by atoms with van der Waals surface area (Å²) in [7, 11) is 1.86. The molecule has 1 aliphatic carbocycles. The Morgan fingerprint density at radius 3 is 2.76 bits per heavy atom. The van der Waals surface area contributed by atoms with Gasteiger partial charge in [0.15, 0.2) is 5.82 Å². The first-order chi connectivity index (χ1) is 14.1. The number of rotatable bonds is 7. The fourth-order valence-electron chi connectivity index (χ4n) is 3.89. The predicted octanol–water partition coefficient (Wildman–Crippen LogP) is 3.80. The van der Waals surface area contributed by atoms with Crippen LogP contribution in [0.5, 0.6) is 0 Å². The third kappa shape index (κ3) is 4.28. The first kappa shape index (κ1) is 19.5. The van der Waals surface area contributed by atoms with E-state index in [2.05, 4.69) is 42.6 Å². The predicted molar refractivity (Wildman–Crippen MR) is 110 cm³/mol. The van der Waals surface area contributed by atoms with Gasteiger partial charge in [-0.2, -0.15) is 10.1 Å². The van der Waals surface area contributed by atoms with Gasteiger partial charge in [-0.25, -0.2) is 14.4 Å².